The minimum Gasteiger partial charge on any atom is -0.494 e. The fourth-order valence-electron chi connectivity index (χ4n) is 1.80. The Hall–Kier alpha value is -2.41. The SMILES string of the molecule is CCOc1ccc(NC(=O)c2ccc(Br)c([N+](=O)[O-])c2)cc1. The van der Waals surface area contributed by atoms with E-state index in [0.29, 0.717) is 22.5 Å². The van der Waals surface area contributed by atoms with Crippen molar-refractivity contribution < 1.29 is 14.5 Å². The molecule has 1 amide bonds. The van der Waals surface area contributed by atoms with Gasteiger partial charge in [-0.25, -0.2) is 0 Å². The lowest BCUT2D eigenvalue weighted by Crippen LogP contribution is -2.12. The number of carbonyl (C=O) groups excluding carboxylic acids is 1. The number of nitro benzene ring substituents is 1. The molecule has 2 rings (SSSR count). The van der Waals surface area contributed by atoms with E-state index >= 15 is 0 Å². The van der Waals surface area contributed by atoms with Crippen LogP contribution in [-0.2, 0) is 0 Å². The van der Waals surface area contributed by atoms with E-state index in [4.69, 9.17) is 4.74 Å². The summed E-state index contributed by atoms with van der Waals surface area (Å²) >= 11 is 3.08. The van der Waals surface area contributed by atoms with E-state index in [1.165, 1.54) is 18.2 Å². The average Bonchev–Trinajstić information content (AvgIpc) is 2.49. The molecule has 0 unspecified atom stereocenters. The van der Waals surface area contributed by atoms with Crippen LogP contribution in [0, 0.1) is 10.1 Å². The minimum absolute atomic E-state index is 0.153. The second-order valence-electron chi connectivity index (χ2n) is 4.33. The van der Waals surface area contributed by atoms with Crippen molar-refractivity contribution in [2.24, 2.45) is 0 Å². The number of hydrogen-bond donors (Lipinski definition) is 1. The lowest BCUT2D eigenvalue weighted by Gasteiger charge is -2.07. The third kappa shape index (κ3) is 3.82. The van der Waals surface area contributed by atoms with Crippen LogP contribution in [0.15, 0.2) is 46.9 Å². The van der Waals surface area contributed by atoms with Gasteiger partial charge in [-0.1, -0.05) is 0 Å². The molecule has 22 heavy (non-hydrogen) atoms. The molecule has 0 aliphatic carbocycles. The topological polar surface area (TPSA) is 81.5 Å². The molecule has 2 aromatic carbocycles. The lowest BCUT2D eigenvalue weighted by molar-refractivity contribution is -0.385. The van der Waals surface area contributed by atoms with Crippen molar-refractivity contribution in [3.8, 4) is 5.75 Å². The van der Waals surface area contributed by atoms with Crippen LogP contribution in [0.2, 0.25) is 0 Å². The largest absolute Gasteiger partial charge is 0.494 e. The van der Waals surface area contributed by atoms with E-state index in [1.54, 1.807) is 24.3 Å². The molecule has 0 fully saturated rings. The van der Waals surface area contributed by atoms with Crippen LogP contribution >= 0.6 is 15.9 Å². The number of amides is 1. The number of nitro groups is 1. The van der Waals surface area contributed by atoms with Gasteiger partial charge < -0.3 is 10.1 Å². The quantitative estimate of drug-likeness (QED) is 0.641. The van der Waals surface area contributed by atoms with Crippen molar-refractivity contribution in [1.82, 2.24) is 0 Å². The Bertz CT molecular complexity index is 701. The third-order valence-corrected chi connectivity index (χ3v) is 3.50. The summed E-state index contributed by atoms with van der Waals surface area (Å²) in [6, 6.07) is 11.1. The maximum Gasteiger partial charge on any atom is 0.284 e. The number of benzene rings is 2. The number of nitrogens with one attached hydrogen (secondary N) is 1. The third-order valence-electron chi connectivity index (χ3n) is 2.83. The monoisotopic (exact) mass is 364 g/mol. The van der Waals surface area contributed by atoms with Crippen molar-refractivity contribution in [1.29, 1.82) is 0 Å². The first kappa shape index (κ1) is 16.0. The second kappa shape index (κ2) is 7.04. The second-order valence-corrected chi connectivity index (χ2v) is 5.19. The van der Waals surface area contributed by atoms with E-state index < -0.39 is 10.8 Å². The Balaban J connectivity index is 2.15. The van der Waals surface area contributed by atoms with Crippen molar-refractivity contribution in [2.45, 2.75) is 6.92 Å². The van der Waals surface area contributed by atoms with Crippen molar-refractivity contribution in [2.75, 3.05) is 11.9 Å². The summed E-state index contributed by atoms with van der Waals surface area (Å²) in [5.41, 5.74) is 0.641. The molecule has 0 spiro atoms. The van der Waals surface area contributed by atoms with Gasteiger partial charge in [0, 0.05) is 17.3 Å². The minimum atomic E-state index is -0.544. The molecular formula is C15H13BrN2O4. The van der Waals surface area contributed by atoms with Crippen molar-refractivity contribution >= 4 is 33.2 Å². The number of anilines is 1. The Labute approximate surface area is 135 Å². The van der Waals surface area contributed by atoms with Gasteiger partial charge in [0.1, 0.15) is 5.75 Å². The molecule has 0 saturated heterocycles. The van der Waals surface area contributed by atoms with Gasteiger partial charge in [0.2, 0.25) is 0 Å². The van der Waals surface area contributed by atoms with Crippen LogP contribution in [0.5, 0.6) is 5.75 Å². The van der Waals surface area contributed by atoms with E-state index in [2.05, 4.69) is 21.2 Å². The molecule has 0 aliphatic rings. The highest BCUT2D eigenvalue weighted by molar-refractivity contribution is 9.10. The Kier molecular flexibility index (Phi) is 5.11. The van der Waals surface area contributed by atoms with E-state index in [-0.39, 0.29) is 11.3 Å². The molecule has 6 nitrogen and oxygen atoms in total. The van der Waals surface area contributed by atoms with Crippen LogP contribution < -0.4 is 10.1 Å². The highest BCUT2D eigenvalue weighted by atomic mass is 79.9. The number of rotatable bonds is 5. The van der Waals surface area contributed by atoms with Gasteiger partial charge >= 0.3 is 0 Å². The summed E-state index contributed by atoms with van der Waals surface area (Å²) in [7, 11) is 0. The van der Waals surface area contributed by atoms with Crippen LogP contribution in [0.4, 0.5) is 11.4 Å². The van der Waals surface area contributed by atoms with Crippen LogP contribution in [0.3, 0.4) is 0 Å². The summed E-state index contributed by atoms with van der Waals surface area (Å²) in [6.45, 7) is 2.45. The highest BCUT2D eigenvalue weighted by Crippen LogP contribution is 2.26. The molecule has 2 aromatic rings. The van der Waals surface area contributed by atoms with Gasteiger partial charge in [-0.05, 0) is 59.3 Å². The summed E-state index contributed by atoms with van der Waals surface area (Å²) < 4.78 is 5.64. The number of hydrogen-bond acceptors (Lipinski definition) is 4. The number of ether oxygens (including phenoxy) is 1. The fourth-order valence-corrected chi connectivity index (χ4v) is 2.19. The maximum atomic E-state index is 12.1. The zero-order chi connectivity index (χ0) is 16.1. The lowest BCUT2D eigenvalue weighted by atomic mass is 10.2. The first-order valence-corrected chi connectivity index (χ1v) is 7.28. The van der Waals surface area contributed by atoms with Crippen LogP contribution in [0.1, 0.15) is 17.3 Å². The molecule has 114 valence electrons. The summed E-state index contributed by atoms with van der Waals surface area (Å²) in [5, 5.41) is 13.6. The molecular weight excluding hydrogens is 352 g/mol. The van der Waals surface area contributed by atoms with E-state index in [9.17, 15) is 14.9 Å². The van der Waals surface area contributed by atoms with Gasteiger partial charge in [-0.15, -0.1) is 0 Å². The number of carbonyl (C=O) groups is 1. The summed E-state index contributed by atoms with van der Waals surface area (Å²) in [5.74, 6) is 0.291. The zero-order valence-electron chi connectivity index (χ0n) is 11.7. The predicted molar refractivity (Wildman–Crippen MR) is 86.4 cm³/mol. The van der Waals surface area contributed by atoms with Gasteiger partial charge in [0.25, 0.3) is 11.6 Å². The number of nitrogens with zero attached hydrogens (tertiary/aromatic N) is 1. The van der Waals surface area contributed by atoms with Gasteiger partial charge in [-0.3, -0.25) is 14.9 Å². The fraction of sp³-hybridized carbons (Fsp3) is 0.133. The summed E-state index contributed by atoms with van der Waals surface area (Å²) in [4.78, 5) is 22.5. The molecule has 0 heterocycles. The molecule has 0 radical (unpaired) electrons. The maximum absolute atomic E-state index is 12.1. The molecule has 7 heteroatoms. The van der Waals surface area contributed by atoms with Gasteiger partial charge in [-0.2, -0.15) is 0 Å². The zero-order valence-corrected chi connectivity index (χ0v) is 13.3. The molecule has 1 N–H and O–H groups in total. The first-order chi connectivity index (χ1) is 10.5. The molecule has 0 aliphatic heterocycles. The van der Waals surface area contributed by atoms with E-state index in [0.717, 1.165) is 0 Å². The molecule has 0 bridgehead atoms. The molecule has 0 aromatic heterocycles. The highest BCUT2D eigenvalue weighted by Gasteiger charge is 2.16. The summed E-state index contributed by atoms with van der Waals surface area (Å²) in [6.07, 6.45) is 0. The predicted octanol–water partition coefficient (Wildman–Crippen LogP) is 4.01. The molecule has 0 saturated carbocycles. The smallest absolute Gasteiger partial charge is 0.284 e. The van der Waals surface area contributed by atoms with Crippen LogP contribution in [-0.4, -0.2) is 17.4 Å². The first-order valence-electron chi connectivity index (χ1n) is 6.49. The van der Waals surface area contributed by atoms with E-state index in [1.807, 2.05) is 6.92 Å². The standard InChI is InChI=1S/C15H13BrN2O4/c1-2-22-12-6-4-11(5-7-12)17-15(19)10-3-8-13(16)14(9-10)18(20)21/h3-9H,2H2,1H3,(H,17,19). The Morgan fingerprint density at radius 2 is 1.95 bits per heavy atom. The van der Waals surface area contributed by atoms with Gasteiger partial charge in [0.15, 0.2) is 0 Å². The normalized spacial score (nSPS) is 10.1. The van der Waals surface area contributed by atoms with Crippen molar-refractivity contribution in [3.05, 3.63) is 62.6 Å². The van der Waals surface area contributed by atoms with Crippen molar-refractivity contribution in [3.63, 3.8) is 0 Å². The Morgan fingerprint density at radius 3 is 2.55 bits per heavy atom. The average molecular weight is 365 g/mol. The van der Waals surface area contributed by atoms with Crippen LogP contribution in [0.25, 0.3) is 0 Å². The van der Waals surface area contributed by atoms with Gasteiger partial charge in [0.05, 0.1) is 16.0 Å². The number of halogens is 1. The Morgan fingerprint density at radius 1 is 1.27 bits per heavy atom. The molecule has 0 atom stereocenters.